The third-order valence-corrected chi connectivity index (χ3v) is 4.53. The second-order valence-electron chi connectivity index (χ2n) is 5.41. The van der Waals surface area contributed by atoms with Crippen LogP contribution in [0.15, 0.2) is 28.7 Å². The first kappa shape index (κ1) is 17.8. The van der Waals surface area contributed by atoms with Gasteiger partial charge < -0.3 is 14.6 Å². The van der Waals surface area contributed by atoms with Gasteiger partial charge in [0.25, 0.3) is 6.04 Å². The standard InChI is InChI=1S/C15H18BrNO6/c1-3-22-15(19)13-12(17(20)21)11(8(2)14(18)23-13)9-4-6-10(16)7-5-9/h4-8,11-14,18H,3H2,1-2H3/t8-,11+,12+,13-,14+/m1/s1. The number of halogens is 1. The van der Waals surface area contributed by atoms with Crippen LogP contribution >= 0.6 is 15.9 Å². The SMILES string of the molecule is CCOC(=O)[C@@H]1O[C@H](O)[C@H](C)[C@@H](c2ccc(Br)cc2)[C@@H]1[N+](=O)[O-]. The lowest BCUT2D eigenvalue weighted by atomic mass is 9.77. The van der Waals surface area contributed by atoms with Crippen molar-refractivity contribution in [3.63, 3.8) is 0 Å². The van der Waals surface area contributed by atoms with Gasteiger partial charge in [-0.25, -0.2) is 4.79 Å². The van der Waals surface area contributed by atoms with E-state index in [4.69, 9.17) is 9.47 Å². The van der Waals surface area contributed by atoms with Crippen LogP contribution in [0.2, 0.25) is 0 Å². The molecule has 0 unspecified atom stereocenters. The van der Waals surface area contributed by atoms with Gasteiger partial charge in [-0.15, -0.1) is 0 Å². The predicted molar refractivity (Wildman–Crippen MR) is 84.3 cm³/mol. The van der Waals surface area contributed by atoms with Crippen molar-refractivity contribution in [2.24, 2.45) is 5.92 Å². The fourth-order valence-corrected chi connectivity index (χ4v) is 3.14. The summed E-state index contributed by atoms with van der Waals surface area (Å²) in [6.45, 7) is 3.35. The second kappa shape index (κ2) is 7.37. The molecule has 0 aromatic heterocycles. The smallest absolute Gasteiger partial charge is 0.342 e. The highest BCUT2D eigenvalue weighted by molar-refractivity contribution is 9.10. The summed E-state index contributed by atoms with van der Waals surface area (Å²) >= 11 is 3.31. The Morgan fingerprint density at radius 1 is 1.43 bits per heavy atom. The van der Waals surface area contributed by atoms with E-state index >= 15 is 0 Å². The number of carbonyl (C=O) groups excluding carboxylic acids is 1. The van der Waals surface area contributed by atoms with Gasteiger partial charge in [-0.05, 0) is 24.6 Å². The van der Waals surface area contributed by atoms with Crippen LogP contribution in [-0.2, 0) is 14.3 Å². The third-order valence-electron chi connectivity index (χ3n) is 4.00. The van der Waals surface area contributed by atoms with Crippen molar-refractivity contribution >= 4 is 21.9 Å². The van der Waals surface area contributed by atoms with Crippen LogP contribution < -0.4 is 0 Å². The van der Waals surface area contributed by atoms with Gasteiger partial charge in [0.05, 0.1) is 12.5 Å². The van der Waals surface area contributed by atoms with Gasteiger partial charge in [0.1, 0.15) is 0 Å². The average molecular weight is 388 g/mol. The minimum Gasteiger partial charge on any atom is -0.464 e. The summed E-state index contributed by atoms with van der Waals surface area (Å²) in [5.74, 6) is -2.05. The molecule has 8 heteroatoms. The molecule has 1 aliphatic rings. The first-order valence-corrected chi connectivity index (χ1v) is 8.05. The maximum absolute atomic E-state index is 12.0. The van der Waals surface area contributed by atoms with Crippen molar-refractivity contribution in [3.05, 3.63) is 44.4 Å². The van der Waals surface area contributed by atoms with Crippen LogP contribution in [0.25, 0.3) is 0 Å². The summed E-state index contributed by atoms with van der Waals surface area (Å²) < 4.78 is 10.9. The number of esters is 1. The van der Waals surface area contributed by atoms with Crippen LogP contribution in [-0.4, -0.2) is 41.0 Å². The van der Waals surface area contributed by atoms with Gasteiger partial charge >= 0.3 is 5.97 Å². The highest BCUT2D eigenvalue weighted by atomic mass is 79.9. The molecule has 0 saturated carbocycles. The summed E-state index contributed by atoms with van der Waals surface area (Å²) in [5.41, 5.74) is 0.666. The molecule has 0 spiro atoms. The number of nitro groups is 1. The normalized spacial score (nSPS) is 30.7. The first-order chi connectivity index (χ1) is 10.9. The summed E-state index contributed by atoms with van der Waals surface area (Å²) in [5, 5.41) is 21.7. The number of carbonyl (C=O) groups is 1. The van der Waals surface area contributed by atoms with Crippen LogP contribution in [0.1, 0.15) is 25.3 Å². The zero-order valence-corrected chi connectivity index (χ0v) is 14.3. The van der Waals surface area contributed by atoms with Crippen LogP contribution in [0.4, 0.5) is 0 Å². The molecule has 126 valence electrons. The van der Waals surface area contributed by atoms with E-state index in [1.165, 1.54) is 0 Å². The summed E-state index contributed by atoms with van der Waals surface area (Å²) in [6.07, 6.45) is -2.72. The molecule has 1 aromatic rings. The molecule has 0 bridgehead atoms. The Kier molecular flexibility index (Phi) is 5.72. The van der Waals surface area contributed by atoms with Gasteiger partial charge in [0.2, 0.25) is 6.10 Å². The fraction of sp³-hybridized carbons (Fsp3) is 0.533. The van der Waals surface area contributed by atoms with Gasteiger partial charge in [0.15, 0.2) is 6.29 Å². The second-order valence-corrected chi connectivity index (χ2v) is 6.33. The van der Waals surface area contributed by atoms with E-state index in [1.54, 1.807) is 38.1 Å². The van der Waals surface area contributed by atoms with Crippen molar-refractivity contribution < 1.29 is 24.3 Å². The third kappa shape index (κ3) is 3.70. The number of benzene rings is 1. The lowest BCUT2D eigenvalue weighted by Crippen LogP contribution is -2.55. The van der Waals surface area contributed by atoms with Crippen molar-refractivity contribution in [2.75, 3.05) is 6.61 Å². The highest BCUT2D eigenvalue weighted by Gasteiger charge is 2.54. The minimum atomic E-state index is -1.44. The Bertz CT molecular complexity index is 578. The Hall–Kier alpha value is -1.51. The molecule has 1 N–H and O–H groups in total. The highest BCUT2D eigenvalue weighted by Crippen LogP contribution is 2.39. The number of rotatable bonds is 4. The van der Waals surface area contributed by atoms with E-state index in [1.807, 2.05) is 0 Å². The van der Waals surface area contributed by atoms with E-state index in [-0.39, 0.29) is 6.61 Å². The number of ether oxygens (including phenoxy) is 2. The largest absolute Gasteiger partial charge is 0.464 e. The first-order valence-electron chi connectivity index (χ1n) is 7.26. The zero-order valence-electron chi connectivity index (χ0n) is 12.7. The molecule has 0 amide bonds. The molecule has 1 aliphatic heterocycles. The molecule has 23 heavy (non-hydrogen) atoms. The molecular formula is C15H18BrNO6. The maximum atomic E-state index is 12.0. The average Bonchev–Trinajstić information content (AvgIpc) is 2.50. The van der Waals surface area contributed by atoms with Gasteiger partial charge in [0, 0.05) is 15.3 Å². The van der Waals surface area contributed by atoms with Crippen molar-refractivity contribution in [1.82, 2.24) is 0 Å². The molecule has 5 atom stereocenters. The Morgan fingerprint density at radius 3 is 2.57 bits per heavy atom. The van der Waals surface area contributed by atoms with E-state index in [0.717, 1.165) is 4.47 Å². The lowest BCUT2D eigenvalue weighted by Gasteiger charge is -2.38. The van der Waals surface area contributed by atoms with Gasteiger partial charge in [-0.2, -0.15) is 0 Å². The number of hydrogen-bond donors (Lipinski definition) is 1. The molecule has 1 heterocycles. The molecule has 1 saturated heterocycles. The lowest BCUT2D eigenvalue weighted by molar-refractivity contribution is -0.549. The Balaban J connectivity index is 2.43. The molecule has 7 nitrogen and oxygen atoms in total. The quantitative estimate of drug-likeness (QED) is 0.482. The zero-order chi connectivity index (χ0) is 17.1. The van der Waals surface area contributed by atoms with Crippen LogP contribution in [0.3, 0.4) is 0 Å². The molecule has 1 aromatic carbocycles. The minimum absolute atomic E-state index is 0.0811. The summed E-state index contributed by atoms with van der Waals surface area (Å²) in [4.78, 5) is 23.1. The van der Waals surface area contributed by atoms with Crippen LogP contribution in [0, 0.1) is 16.0 Å². The number of aliphatic hydroxyl groups excluding tert-OH is 1. The molecule has 2 rings (SSSR count). The van der Waals surface area contributed by atoms with E-state index in [9.17, 15) is 20.0 Å². The van der Waals surface area contributed by atoms with Crippen molar-refractivity contribution in [3.8, 4) is 0 Å². The fourth-order valence-electron chi connectivity index (χ4n) is 2.88. The summed E-state index contributed by atoms with van der Waals surface area (Å²) in [6, 6.07) is 5.68. The van der Waals surface area contributed by atoms with E-state index in [0.29, 0.717) is 5.56 Å². The number of nitrogens with zero attached hydrogens (tertiary/aromatic N) is 1. The van der Waals surface area contributed by atoms with E-state index < -0.39 is 41.2 Å². The van der Waals surface area contributed by atoms with Crippen molar-refractivity contribution in [1.29, 1.82) is 0 Å². The topological polar surface area (TPSA) is 98.9 Å². The Morgan fingerprint density at radius 2 is 2.04 bits per heavy atom. The molecule has 0 radical (unpaired) electrons. The van der Waals surface area contributed by atoms with Crippen LogP contribution in [0.5, 0.6) is 0 Å². The monoisotopic (exact) mass is 387 g/mol. The summed E-state index contributed by atoms with van der Waals surface area (Å²) in [7, 11) is 0. The maximum Gasteiger partial charge on any atom is 0.342 e. The van der Waals surface area contributed by atoms with E-state index in [2.05, 4.69) is 15.9 Å². The Labute approximate surface area is 141 Å². The van der Waals surface area contributed by atoms with Gasteiger partial charge in [-0.3, -0.25) is 10.1 Å². The van der Waals surface area contributed by atoms with Gasteiger partial charge in [-0.1, -0.05) is 35.0 Å². The number of aliphatic hydroxyl groups is 1. The predicted octanol–water partition coefficient (Wildman–Crippen LogP) is 2.09. The molecule has 0 aliphatic carbocycles. The number of hydrogen-bond acceptors (Lipinski definition) is 6. The van der Waals surface area contributed by atoms with Crippen molar-refractivity contribution in [2.45, 2.75) is 38.2 Å². The molecule has 1 fully saturated rings. The molecular weight excluding hydrogens is 370 g/mol.